The Morgan fingerprint density at radius 3 is 2.77 bits per heavy atom. The van der Waals surface area contributed by atoms with Crippen LogP contribution in [0.2, 0.25) is 0 Å². The smallest absolute Gasteiger partial charge is 0.337 e. The number of esters is 1. The number of sulfonamides is 1. The number of ether oxygens (including phenoxy) is 2. The van der Waals surface area contributed by atoms with E-state index < -0.39 is 16.0 Å². The molecule has 1 aromatic carbocycles. The van der Waals surface area contributed by atoms with Gasteiger partial charge in [0, 0.05) is 24.2 Å². The van der Waals surface area contributed by atoms with Crippen LogP contribution in [0.3, 0.4) is 0 Å². The molecule has 0 spiro atoms. The first-order chi connectivity index (χ1) is 12.4. The van der Waals surface area contributed by atoms with E-state index in [9.17, 15) is 13.2 Å². The first-order valence-electron chi connectivity index (χ1n) is 8.89. The van der Waals surface area contributed by atoms with Gasteiger partial charge in [0.1, 0.15) is 0 Å². The third-order valence-corrected chi connectivity index (χ3v) is 7.35. The fourth-order valence-corrected chi connectivity index (χ4v) is 5.37. The van der Waals surface area contributed by atoms with Crippen molar-refractivity contribution in [1.82, 2.24) is 4.31 Å². The predicted molar refractivity (Wildman–Crippen MR) is 103 cm³/mol. The number of hydrogen-bond donors (Lipinski definition) is 0. The van der Waals surface area contributed by atoms with E-state index in [1.54, 1.807) is 6.07 Å². The second kappa shape index (κ2) is 9.82. The van der Waals surface area contributed by atoms with E-state index in [-0.39, 0.29) is 16.6 Å². The standard InChI is InChI=1S/C18H26BrNO5S/c1-3-4-12-25-15-6-5-10-20(11-9-15)26(22,23)17-13-14(18(21)24-2)7-8-16(17)19/h7-8,13,15H,3-6,9-12H2,1-2H3. The number of halogens is 1. The maximum Gasteiger partial charge on any atom is 0.337 e. The minimum absolute atomic E-state index is 0.0887. The van der Waals surface area contributed by atoms with E-state index >= 15 is 0 Å². The van der Waals surface area contributed by atoms with Gasteiger partial charge in [0.15, 0.2) is 0 Å². The average Bonchev–Trinajstić information content (AvgIpc) is 2.88. The second-order valence-corrected chi connectivity index (χ2v) is 9.08. The Balaban J connectivity index is 2.16. The zero-order valence-corrected chi connectivity index (χ0v) is 17.6. The molecule has 1 aliphatic rings. The number of methoxy groups -OCH3 is 1. The summed E-state index contributed by atoms with van der Waals surface area (Å²) in [5.41, 5.74) is 0.213. The van der Waals surface area contributed by atoms with Gasteiger partial charge >= 0.3 is 5.97 Å². The van der Waals surface area contributed by atoms with Crippen LogP contribution < -0.4 is 0 Å². The largest absolute Gasteiger partial charge is 0.465 e. The molecule has 8 heteroatoms. The highest BCUT2D eigenvalue weighted by atomic mass is 79.9. The number of carbonyl (C=O) groups is 1. The molecule has 1 heterocycles. The zero-order chi connectivity index (χ0) is 19.2. The first kappa shape index (κ1) is 21.3. The maximum absolute atomic E-state index is 13.1. The fraction of sp³-hybridized carbons (Fsp3) is 0.611. The van der Waals surface area contributed by atoms with Gasteiger partial charge in [0.2, 0.25) is 10.0 Å². The molecule has 0 saturated carbocycles. The molecule has 0 bridgehead atoms. The van der Waals surface area contributed by atoms with E-state index in [4.69, 9.17) is 9.47 Å². The van der Waals surface area contributed by atoms with Crippen LogP contribution in [0.1, 0.15) is 49.4 Å². The summed E-state index contributed by atoms with van der Waals surface area (Å²) >= 11 is 3.29. The molecule has 1 atom stereocenters. The summed E-state index contributed by atoms with van der Waals surface area (Å²) in [4.78, 5) is 11.8. The fourth-order valence-electron chi connectivity index (χ4n) is 2.93. The Bertz CT molecular complexity index is 722. The molecular weight excluding hydrogens is 422 g/mol. The third kappa shape index (κ3) is 5.28. The minimum Gasteiger partial charge on any atom is -0.465 e. The monoisotopic (exact) mass is 447 g/mol. The normalized spacial score (nSPS) is 19.1. The molecule has 2 rings (SSSR count). The van der Waals surface area contributed by atoms with Crippen LogP contribution >= 0.6 is 15.9 Å². The third-order valence-electron chi connectivity index (χ3n) is 4.46. The molecule has 0 radical (unpaired) electrons. The van der Waals surface area contributed by atoms with E-state index in [0.717, 1.165) is 32.3 Å². The van der Waals surface area contributed by atoms with Crippen molar-refractivity contribution < 1.29 is 22.7 Å². The zero-order valence-electron chi connectivity index (χ0n) is 15.2. The lowest BCUT2D eigenvalue weighted by atomic mass is 10.1. The summed E-state index contributed by atoms with van der Waals surface area (Å²) in [6, 6.07) is 4.47. The highest BCUT2D eigenvalue weighted by Crippen LogP contribution is 2.28. The van der Waals surface area contributed by atoms with Crippen LogP contribution in [0, 0.1) is 0 Å². The lowest BCUT2D eigenvalue weighted by Gasteiger charge is -2.21. The molecule has 0 N–H and O–H groups in total. The van der Waals surface area contributed by atoms with Crippen LogP contribution in [0.5, 0.6) is 0 Å². The Hall–Kier alpha value is -0.960. The Morgan fingerprint density at radius 2 is 2.08 bits per heavy atom. The highest BCUT2D eigenvalue weighted by Gasteiger charge is 2.30. The SMILES string of the molecule is CCCCOC1CCCN(S(=O)(=O)c2cc(C(=O)OC)ccc2Br)CC1. The van der Waals surface area contributed by atoms with Gasteiger partial charge in [-0.1, -0.05) is 13.3 Å². The predicted octanol–water partition coefficient (Wildman–Crippen LogP) is 3.60. The van der Waals surface area contributed by atoms with Crippen LogP contribution in [-0.4, -0.2) is 51.6 Å². The van der Waals surface area contributed by atoms with Gasteiger partial charge in [-0.25, -0.2) is 13.2 Å². The number of carbonyl (C=O) groups excluding carboxylic acids is 1. The highest BCUT2D eigenvalue weighted by molar-refractivity contribution is 9.10. The van der Waals surface area contributed by atoms with Crippen molar-refractivity contribution in [2.45, 2.75) is 50.0 Å². The number of unbranched alkanes of at least 4 members (excludes halogenated alkanes) is 1. The summed E-state index contributed by atoms with van der Waals surface area (Å²) in [5.74, 6) is -0.561. The maximum atomic E-state index is 13.1. The summed E-state index contributed by atoms with van der Waals surface area (Å²) in [5, 5.41) is 0. The van der Waals surface area contributed by atoms with Gasteiger partial charge < -0.3 is 9.47 Å². The van der Waals surface area contributed by atoms with Gasteiger partial charge in [-0.3, -0.25) is 0 Å². The summed E-state index contributed by atoms with van der Waals surface area (Å²) in [7, 11) is -2.44. The quantitative estimate of drug-likeness (QED) is 0.471. The van der Waals surface area contributed by atoms with Gasteiger partial charge in [-0.2, -0.15) is 4.31 Å². The van der Waals surface area contributed by atoms with Crippen molar-refractivity contribution in [3.8, 4) is 0 Å². The van der Waals surface area contributed by atoms with Crippen LogP contribution in [0.4, 0.5) is 0 Å². The number of rotatable bonds is 7. The van der Waals surface area contributed by atoms with Crippen molar-refractivity contribution >= 4 is 31.9 Å². The van der Waals surface area contributed by atoms with Crippen LogP contribution in [-0.2, 0) is 19.5 Å². The van der Waals surface area contributed by atoms with Gasteiger partial charge in [0.05, 0.1) is 23.7 Å². The van der Waals surface area contributed by atoms with E-state index in [0.29, 0.717) is 24.0 Å². The van der Waals surface area contributed by atoms with Crippen LogP contribution in [0.15, 0.2) is 27.6 Å². The van der Waals surface area contributed by atoms with Gasteiger partial charge in [0.25, 0.3) is 0 Å². The second-order valence-electron chi connectivity index (χ2n) is 6.32. The molecular formula is C18H26BrNO5S. The molecule has 1 aliphatic heterocycles. The molecule has 146 valence electrons. The van der Waals surface area contributed by atoms with Gasteiger partial charge in [-0.15, -0.1) is 0 Å². The Kier molecular flexibility index (Phi) is 8.06. The summed E-state index contributed by atoms with van der Waals surface area (Å²) in [6.45, 7) is 3.70. The molecule has 1 aromatic rings. The van der Waals surface area contributed by atoms with Gasteiger partial charge in [-0.05, 0) is 59.8 Å². The molecule has 0 aliphatic carbocycles. The summed E-state index contributed by atoms with van der Waals surface area (Å²) in [6.07, 6.45) is 4.50. The molecule has 6 nitrogen and oxygen atoms in total. The minimum atomic E-state index is -3.71. The first-order valence-corrected chi connectivity index (χ1v) is 11.1. The van der Waals surface area contributed by atoms with E-state index in [1.807, 2.05) is 0 Å². The molecule has 1 fully saturated rings. The number of benzene rings is 1. The van der Waals surface area contributed by atoms with Crippen LogP contribution in [0.25, 0.3) is 0 Å². The molecule has 1 unspecified atom stereocenters. The molecule has 1 saturated heterocycles. The Morgan fingerprint density at radius 1 is 1.31 bits per heavy atom. The van der Waals surface area contributed by atoms with Crippen molar-refractivity contribution in [2.75, 3.05) is 26.8 Å². The topological polar surface area (TPSA) is 72.9 Å². The molecule has 26 heavy (non-hydrogen) atoms. The average molecular weight is 448 g/mol. The van der Waals surface area contributed by atoms with Crippen molar-refractivity contribution in [1.29, 1.82) is 0 Å². The van der Waals surface area contributed by atoms with Crippen molar-refractivity contribution in [2.24, 2.45) is 0 Å². The Labute approximate surface area is 164 Å². The van der Waals surface area contributed by atoms with Crippen molar-refractivity contribution in [3.05, 3.63) is 28.2 Å². The number of nitrogens with zero attached hydrogens (tertiary/aromatic N) is 1. The lowest BCUT2D eigenvalue weighted by Crippen LogP contribution is -2.32. The van der Waals surface area contributed by atoms with Crippen molar-refractivity contribution in [3.63, 3.8) is 0 Å². The lowest BCUT2D eigenvalue weighted by molar-refractivity contribution is 0.0428. The van der Waals surface area contributed by atoms with E-state index in [2.05, 4.69) is 22.9 Å². The summed E-state index contributed by atoms with van der Waals surface area (Å²) < 4.78 is 38.7. The molecule has 0 aromatic heterocycles. The molecule has 0 amide bonds. The number of hydrogen-bond acceptors (Lipinski definition) is 5. The van der Waals surface area contributed by atoms with E-state index in [1.165, 1.54) is 23.5 Å².